The highest BCUT2D eigenvalue weighted by molar-refractivity contribution is 5.73. The number of likely N-dealkylation sites (tertiary alicyclic amines) is 1. The highest BCUT2D eigenvalue weighted by atomic mass is 16.3. The van der Waals surface area contributed by atoms with Crippen molar-refractivity contribution in [3.63, 3.8) is 0 Å². The number of aliphatic hydroxyl groups excluding tert-OH is 1. The van der Waals surface area contributed by atoms with Crippen LogP contribution in [0.25, 0.3) is 0 Å². The van der Waals surface area contributed by atoms with E-state index in [-0.39, 0.29) is 13.2 Å². The number of amides is 2. The van der Waals surface area contributed by atoms with Crippen molar-refractivity contribution in [2.75, 3.05) is 19.7 Å². The molecule has 0 aliphatic carbocycles. The predicted molar refractivity (Wildman–Crippen MR) is 45.6 cm³/mol. The first-order valence-electron chi connectivity index (χ1n) is 4.20. The number of nitrogens with zero attached hydrogens (tertiary/aromatic N) is 1. The van der Waals surface area contributed by atoms with Crippen molar-refractivity contribution >= 4 is 6.03 Å². The second-order valence-corrected chi connectivity index (χ2v) is 3.36. The molecule has 1 aliphatic heterocycles. The summed E-state index contributed by atoms with van der Waals surface area (Å²) in [4.78, 5) is 12.5. The Labute approximate surface area is 76.3 Å². The average molecular weight is 189 g/mol. The standard InChI is InChI=1S/C7H15N3O3/c8-9-6(12)10-3-1-2-7(13,4-10)5-11/h11,13H,1-5,8H2,(H,9,12). The highest BCUT2D eigenvalue weighted by Gasteiger charge is 2.34. The Morgan fingerprint density at radius 3 is 2.92 bits per heavy atom. The van der Waals surface area contributed by atoms with Crippen molar-refractivity contribution in [3.05, 3.63) is 0 Å². The van der Waals surface area contributed by atoms with Crippen LogP contribution in [0.5, 0.6) is 0 Å². The van der Waals surface area contributed by atoms with Gasteiger partial charge in [-0.2, -0.15) is 0 Å². The molecule has 0 aromatic carbocycles. The molecule has 1 unspecified atom stereocenters. The van der Waals surface area contributed by atoms with Gasteiger partial charge in [0.1, 0.15) is 5.60 Å². The second-order valence-electron chi connectivity index (χ2n) is 3.36. The molecule has 76 valence electrons. The largest absolute Gasteiger partial charge is 0.393 e. The minimum Gasteiger partial charge on any atom is -0.393 e. The first-order valence-corrected chi connectivity index (χ1v) is 4.20. The number of nitrogens with two attached hydrogens (primary N) is 1. The first-order chi connectivity index (χ1) is 6.11. The van der Waals surface area contributed by atoms with E-state index >= 15 is 0 Å². The molecule has 1 atom stereocenters. The Hall–Kier alpha value is -0.850. The third-order valence-electron chi connectivity index (χ3n) is 2.26. The Morgan fingerprint density at radius 1 is 1.69 bits per heavy atom. The van der Waals surface area contributed by atoms with Crippen molar-refractivity contribution in [1.82, 2.24) is 10.3 Å². The average Bonchev–Trinajstić information content (AvgIpc) is 2.17. The van der Waals surface area contributed by atoms with Crippen LogP contribution < -0.4 is 11.3 Å². The lowest BCUT2D eigenvalue weighted by Gasteiger charge is -2.37. The molecule has 5 N–H and O–H groups in total. The monoisotopic (exact) mass is 189 g/mol. The fraction of sp³-hybridized carbons (Fsp3) is 0.857. The minimum absolute atomic E-state index is 0.131. The number of rotatable bonds is 1. The lowest BCUT2D eigenvalue weighted by atomic mass is 9.94. The maximum Gasteiger partial charge on any atom is 0.331 e. The molecule has 1 fully saturated rings. The summed E-state index contributed by atoms with van der Waals surface area (Å²) >= 11 is 0. The number of aliphatic hydroxyl groups is 2. The second kappa shape index (κ2) is 3.91. The normalized spacial score (nSPS) is 28.7. The highest BCUT2D eigenvalue weighted by Crippen LogP contribution is 2.20. The Bertz CT molecular complexity index is 199. The molecule has 0 spiro atoms. The molecule has 6 nitrogen and oxygen atoms in total. The number of urea groups is 1. The summed E-state index contributed by atoms with van der Waals surface area (Å²) in [6, 6.07) is -0.424. The molecule has 0 radical (unpaired) electrons. The molecular formula is C7H15N3O3. The summed E-state index contributed by atoms with van der Waals surface area (Å²) in [5.74, 6) is 4.95. The smallest absolute Gasteiger partial charge is 0.331 e. The maximum absolute atomic E-state index is 11.1. The van der Waals surface area contributed by atoms with E-state index in [2.05, 4.69) is 0 Å². The van der Waals surface area contributed by atoms with Gasteiger partial charge in [0.15, 0.2) is 0 Å². The molecule has 1 saturated heterocycles. The van der Waals surface area contributed by atoms with Crippen molar-refractivity contribution < 1.29 is 15.0 Å². The Kier molecular flexibility index (Phi) is 3.07. The lowest BCUT2D eigenvalue weighted by Crippen LogP contribution is -2.55. The van der Waals surface area contributed by atoms with Crippen LogP contribution in [0.3, 0.4) is 0 Å². The third-order valence-corrected chi connectivity index (χ3v) is 2.26. The van der Waals surface area contributed by atoms with Crippen molar-refractivity contribution in [3.8, 4) is 0 Å². The van der Waals surface area contributed by atoms with Crippen molar-refractivity contribution in [2.24, 2.45) is 5.84 Å². The number of hydrazine groups is 1. The summed E-state index contributed by atoms with van der Waals surface area (Å²) < 4.78 is 0. The summed E-state index contributed by atoms with van der Waals surface area (Å²) in [7, 11) is 0. The summed E-state index contributed by atoms with van der Waals surface area (Å²) in [6.07, 6.45) is 1.18. The van der Waals surface area contributed by atoms with Gasteiger partial charge in [-0.15, -0.1) is 0 Å². The number of β-amino-alcohol motifs (C(OH)–C–C–N with tert-alkyl or cyclic N) is 1. The zero-order valence-electron chi connectivity index (χ0n) is 7.36. The molecular weight excluding hydrogens is 174 g/mol. The van der Waals surface area contributed by atoms with Gasteiger partial charge < -0.3 is 15.1 Å². The van der Waals surface area contributed by atoms with Gasteiger partial charge >= 0.3 is 6.03 Å². The number of carbonyl (C=O) groups excluding carboxylic acids is 1. The van der Waals surface area contributed by atoms with E-state index in [0.29, 0.717) is 19.4 Å². The van der Waals surface area contributed by atoms with Crippen LogP contribution >= 0.6 is 0 Å². The van der Waals surface area contributed by atoms with Gasteiger partial charge in [-0.25, -0.2) is 10.6 Å². The van der Waals surface area contributed by atoms with Crippen molar-refractivity contribution in [1.29, 1.82) is 0 Å². The van der Waals surface area contributed by atoms with E-state index in [0.717, 1.165) is 0 Å². The number of hydrogen-bond acceptors (Lipinski definition) is 4. The van der Waals surface area contributed by atoms with Gasteiger partial charge in [-0.05, 0) is 12.8 Å². The molecule has 2 amide bonds. The quantitative estimate of drug-likeness (QED) is 0.226. The van der Waals surface area contributed by atoms with Crippen LogP contribution in [0.15, 0.2) is 0 Å². The van der Waals surface area contributed by atoms with E-state index in [1.807, 2.05) is 5.43 Å². The van der Waals surface area contributed by atoms with E-state index in [1.165, 1.54) is 4.90 Å². The number of piperidine rings is 1. The molecule has 6 heteroatoms. The predicted octanol–water partition coefficient (Wildman–Crippen LogP) is -1.61. The van der Waals surface area contributed by atoms with Gasteiger partial charge in [0, 0.05) is 6.54 Å². The topological polar surface area (TPSA) is 98.8 Å². The van der Waals surface area contributed by atoms with Gasteiger partial charge in [0.25, 0.3) is 0 Å². The van der Waals surface area contributed by atoms with E-state index < -0.39 is 11.6 Å². The van der Waals surface area contributed by atoms with Gasteiger partial charge in [-0.3, -0.25) is 5.43 Å². The number of carbonyl (C=O) groups is 1. The third kappa shape index (κ3) is 2.30. The van der Waals surface area contributed by atoms with Crippen LogP contribution in [0, 0.1) is 0 Å². The number of hydrogen-bond donors (Lipinski definition) is 4. The van der Waals surface area contributed by atoms with E-state index in [9.17, 15) is 9.90 Å². The lowest BCUT2D eigenvalue weighted by molar-refractivity contribution is -0.0569. The Balaban J connectivity index is 2.56. The maximum atomic E-state index is 11.1. The number of nitrogens with one attached hydrogen (secondary N) is 1. The van der Waals surface area contributed by atoms with Crippen LogP contribution in [0.1, 0.15) is 12.8 Å². The van der Waals surface area contributed by atoms with E-state index in [1.54, 1.807) is 0 Å². The molecule has 0 saturated carbocycles. The van der Waals surface area contributed by atoms with Crippen molar-refractivity contribution in [2.45, 2.75) is 18.4 Å². The molecule has 0 aromatic heterocycles. The van der Waals surface area contributed by atoms with Crippen LogP contribution in [-0.4, -0.2) is 46.4 Å². The molecule has 1 aliphatic rings. The first kappa shape index (κ1) is 10.2. The van der Waals surface area contributed by atoms with Gasteiger partial charge in [0.05, 0.1) is 13.2 Å². The fourth-order valence-electron chi connectivity index (χ4n) is 1.51. The SMILES string of the molecule is NNC(=O)N1CCCC(O)(CO)C1. The molecule has 1 rings (SSSR count). The molecule has 13 heavy (non-hydrogen) atoms. The fourth-order valence-corrected chi connectivity index (χ4v) is 1.51. The van der Waals surface area contributed by atoms with Crippen LogP contribution in [0.4, 0.5) is 4.79 Å². The summed E-state index contributed by atoms with van der Waals surface area (Å²) in [6.45, 7) is 0.360. The zero-order valence-corrected chi connectivity index (χ0v) is 7.36. The molecule has 0 aromatic rings. The van der Waals surface area contributed by atoms with Gasteiger partial charge in [-0.1, -0.05) is 0 Å². The minimum atomic E-state index is -1.16. The summed E-state index contributed by atoms with van der Waals surface area (Å²) in [5.41, 5.74) is 0.829. The summed E-state index contributed by atoms with van der Waals surface area (Å²) in [5, 5.41) is 18.6. The van der Waals surface area contributed by atoms with Crippen LogP contribution in [0.2, 0.25) is 0 Å². The molecule has 0 bridgehead atoms. The van der Waals surface area contributed by atoms with Crippen LogP contribution in [-0.2, 0) is 0 Å². The van der Waals surface area contributed by atoms with Gasteiger partial charge in [0.2, 0.25) is 0 Å². The Morgan fingerprint density at radius 2 is 2.38 bits per heavy atom. The van der Waals surface area contributed by atoms with E-state index in [4.69, 9.17) is 10.9 Å². The molecule has 1 heterocycles. The zero-order chi connectivity index (χ0) is 9.90.